The van der Waals surface area contributed by atoms with Crippen LogP contribution < -0.4 is 4.72 Å². The van der Waals surface area contributed by atoms with E-state index in [-0.39, 0.29) is 6.42 Å². The molecule has 176 valence electrons. The summed E-state index contributed by atoms with van der Waals surface area (Å²) in [5.41, 5.74) is 6.38. The van der Waals surface area contributed by atoms with Gasteiger partial charge in [0.2, 0.25) is 10.0 Å². The topological polar surface area (TPSA) is 101 Å². The van der Waals surface area contributed by atoms with E-state index in [1.165, 1.54) is 0 Å². The van der Waals surface area contributed by atoms with Gasteiger partial charge in [0.25, 0.3) is 0 Å². The smallest absolute Gasteiger partial charge is 0.303 e. The van der Waals surface area contributed by atoms with Crippen molar-refractivity contribution in [1.82, 2.24) is 9.55 Å². The average molecular weight is 496 g/mol. The molecule has 0 aliphatic carbocycles. The highest BCUT2D eigenvalue weighted by molar-refractivity contribution is 7.92. The molecule has 0 radical (unpaired) electrons. The lowest BCUT2D eigenvalue weighted by Gasteiger charge is -2.14. The number of anilines is 1. The van der Waals surface area contributed by atoms with Crippen LogP contribution in [0.2, 0.25) is 0 Å². The molecule has 9 heteroatoms. The second kappa shape index (κ2) is 9.44. The van der Waals surface area contributed by atoms with E-state index < -0.39 is 16.0 Å². The first-order valence-corrected chi connectivity index (χ1v) is 13.4. The predicted octanol–water partition coefficient (Wildman–Crippen LogP) is 5.27. The predicted molar refractivity (Wildman–Crippen MR) is 136 cm³/mol. The van der Waals surface area contributed by atoms with Gasteiger partial charge in [-0.2, -0.15) is 0 Å². The molecule has 0 unspecified atom stereocenters. The van der Waals surface area contributed by atoms with Crippen LogP contribution in [0.25, 0.3) is 27.9 Å². The molecule has 0 spiro atoms. The first kappa shape index (κ1) is 23.7. The molecule has 0 atom stereocenters. The largest absolute Gasteiger partial charge is 0.481 e. The summed E-state index contributed by atoms with van der Waals surface area (Å²) in [5, 5.41) is 11.3. The second-order valence-corrected chi connectivity index (χ2v) is 10.8. The summed E-state index contributed by atoms with van der Waals surface area (Å²) in [6.45, 7) is 3.88. The van der Waals surface area contributed by atoms with Crippen molar-refractivity contribution in [2.24, 2.45) is 0 Å². The van der Waals surface area contributed by atoms with E-state index >= 15 is 0 Å². The number of imidazole rings is 1. The summed E-state index contributed by atoms with van der Waals surface area (Å²) in [5.74, 6) is 0.0590. The van der Waals surface area contributed by atoms with Gasteiger partial charge in [-0.3, -0.25) is 9.52 Å². The number of aliphatic carboxylic acids is 1. The Morgan fingerprint density at radius 1 is 1.12 bits per heavy atom. The molecular weight excluding hydrogens is 470 g/mol. The van der Waals surface area contributed by atoms with Gasteiger partial charge >= 0.3 is 5.97 Å². The zero-order valence-corrected chi connectivity index (χ0v) is 20.7. The number of benzene rings is 2. The number of rotatable bonds is 8. The Hall–Kier alpha value is -3.43. The quantitative estimate of drug-likeness (QED) is 0.347. The highest BCUT2D eigenvalue weighted by Gasteiger charge is 2.18. The molecule has 0 aliphatic heterocycles. The summed E-state index contributed by atoms with van der Waals surface area (Å²) in [6, 6.07) is 13.6. The van der Waals surface area contributed by atoms with Gasteiger partial charge in [-0.1, -0.05) is 18.2 Å². The Kier molecular flexibility index (Phi) is 6.58. The third kappa shape index (κ3) is 5.21. The van der Waals surface area contributed by atoms with E-state index in [0.717, 1.165) is 50.5 Å². The fourth-order valence-corrected chi connectivity index (χ4v) is 5.61. The number of thiophene rings is 1. The summed E-state index contributed by atoms with van der Waals surface area (Å²) in [6.07, 6.45) is 5.26. The number of hydrogen-bond donors (Lipinski definition) is 2. The van der Waals surface area contributed by atoms with E-state index in [1.807, 2.05) is 42.8 Å². The summed E-state index contributed by atoms with van der Waals surface area (Å²) in [7, 11) is -3.38. The van der Waals surface area contributed by atoms with Crippen molar-refractivity contribution in [1.29, 1.82) is 0 Å². The molecule has 0 bridgehead atoms. The van der Waals surface area contributed by atoms with Crippen molar-refractivity contribution in [3.63, 3.8) is 0 Å². The lowest BCUT2D eigenvalue weighted by atomic mass is 9.92. The molecule has 2 aromatic carbocycles. The Morgan fingerprint density at radius 3 is 2.44 bits per heavy atom. The fraction of sp³-hybridized carbons (Fsp3) is 0.200. The van der Waals surface area contributed by atoms with E-state index in [1.54, 1.807) is 29.7 Å². The zero-order valence-electron chi connectivity index (χ0n) is 19.1. The van der Waals surface area contributed by atoms with Crippen LogP contribution in [0.15, 0.2) is 60.2 Å². The monoisotopic (exact) mass is 495 g/mol. The van der Waals surface area contributed by atoms with Crippen LogP contribution in [0, 0.1) is 13.8 Å². The van der Waals surface area contributed by atoms with Crippen LogP contribution in [0.3, 0.4) is 0 Å². The molecular formula is C25H25N3O4S2. The van der Waals surface area contributed by atoms with Gasteiger partial charge in [0, 0.05) is 39.8 Å². The van der Waals surface area contributed by atoms with Crippen molar-refractivity contribution in [3.05, 3.63) is 76.5 Å². The summed E-state index contributed by atoms with van der Waals surface area (Å²) < 4.78 is 27.8. The van der Waals surface area contributed by atoms with Crippen LogP contribution in [0.1, 0.15) is 22.7 Å². The number of hydrogen-bond acceptors (Lipinski definition) is 5. The van der Waals surface area contributed by atoms with Crippen LogP contribution in [0.4, 0.5) is 5.69 Å². The standard InChI is InChI=1S/C25H25N3O4S2/c1-16-14-19(27-34(3,31)32)6-9-21(16)25-22(15-33-23(25)10-11-24(29)30)18-4-7-20(8-5-18)28-13-12-26-17(28)2/h4-9,12-15,27H,10-11H2,1-3H3,(H,29,30). The van der Waals surface area contributed by atoms with Crippen molar-refractivity contribution in [3.8, 4) is 27.9 Å². The number of carbonyl (C=O) groups is 1. The number of carboxylic acids is 1. The van der Waals surface area contributed by atoms with E-state index in [2.05, 4.69) is 27.2 Å². The van der Waals surface area contributed by atoms with Gasteiger partial charge in [0.1, 0.15) is 5.82 Å². The lowest BCUT2D eigenvalue weighted by molar-refractivity contribution is -0.136. The summed E-state index contributed by atoms with van der Waals surface area (Å²) in [4.78, 5) is 16.5. The van der Waals surface area contributed by atoms with Crippen molar-refractivity contribution < 1.29 is 18.3 Å². The van der Waals surface area contributed by atoms with E-state index in [4.69, 9.17) is 0 Å². The van der Waals surface area contributed by atoms with Gasteiger partial charge in [0.15, 0.2) is 0 Å². The van der Waals surface area contributed by atoms with Crippen molar-refractivity contribution >= 4 is 33.0 Å². The Bertz CT molecular complexity index is 1450. The fourth-order valence-electron chi connectivity index (χ4n) is 3.98. The van der Waals surface area contributed by atoms with Gasteiger partial charge in [-0.05, 0) is 66.6 Å². The molecule has 7 nitrogen and oxygen atoms in total. The molecule has 0 saturated carbocycles. The molecule has 0 aliphatic rings. The Balaban J connectivity index is 1.78. The minimum absolute atomic E-state index is 0.0402. The maximum absolute atomic E-state index is 11.6. The van der Waals surface area contributed by atoms with Gasteiger partial charge < -0.3 is 9.67 Å². The number of carboxylic acid groups (broad SMARTS) is 1. The van der Waals surface area contributed by atoms with Crippen molar-refractivity contribution in [2.45, 2.75) is 26.7 Å². The number of aromatic nitrogens is 2. The number of nitrogens with zero attached hydrogens (tertiary/aromatic N) is 2. The molecule has 0 amide bonds. The number of nitrogens with one attached hydrogen (secondary N) is 1. The van der Waals surface area contributed by atoms with Gasteiger partial charge in [-0.25, -0.2) is 13.4 Å². The first-order valence-electron chi connectivity index (χ1n) is 10.6. The SMILES string of the molecule is Cc1cc(NS(C)(=O)=O)ccc1-c1c(-c2ccc(-n3ccnc3C)cc2)csc1CCC(=O)O. The second-order valence-electron chi connectivity index (χ2n) is 8.14. The van der Waals surface area contributed by atoms with E-state index in [9.17, 15) is 18.3 Å². The minimum atomic E-state index is -3.38. The highest BCUT2D eigenvalue weighted by atomic mass is 32.2. The average Bonchev–Trinajstić information content (AvgIpc) is 3.37. The Morgan fingerprint density at radius 2 is 1.85 bits per heavy atom. The van der Waals surface area contributed by atoms with Crippen LogP contribution in [-0.4, -0.2) is 35.3 Å². The third-order valence-corrected chi connectivity index (χ3v) is 7.17. The number of sulfonamides is 1. The van der Waals surface area contributed by atoms with Crippen LogP contribution in [-0.2, 0) is 21.2 Å². The van der Waals surface area contributed by atoms with Crippen molar-refractivity contribution in [2.75, 3.05) is 11.0 Å². The first-order chi connectivity index (χ1) is 16.1. The highest BCUT2D eigenvalue weighted by Crippen LogP contribution is 2.42. The van der Waals surface area contributed by atoms with Crippen LogP contribution in [0.5, 0.6) is 0 Å². The maximum Gasteiger partial charge on any atom is 0.303 e. The molecule has 2 aromatic heterocycles. The van der Waals surface area contributed by atoms with Gasteiger partial charge in [-0.15, -0.1) is 11.3 Å². The molecule has 34 heavy (non-hydrogen) atoms. The maximum atomic E-state index is 11.6. The lowest BCUT2D eigenvalue weighted by Crippen LogP contribution is -2.09. The third-order valence-electron chi connectivity index (χ3n) is 5.51. The number of aryl methyl sites for hydroxylation is 3. The minimum Gasteiger partial charge on any atom is -0.481 e. The molecule has 4 aromatic rings. The Labute approximate surface area is 202 Å². The van der Waals surface area contributed by atoms with E-state index in [0.29, 0.717) is 12.1 Å². The van der Waals surface area contributed by atoms with Crippen LogP contribution >= 0.6 is 11.3 Å². The molecule has 2 heterocycles. The zero-order chi connectivity index (χ0) is 24.5. The molecule has 4 rings (SSSR count). The molecule has 0 fully saturated rings. The molecule has 2 N–H and O–H groups in total. The summed E-state index contributed by atoms with van der Waals surface area (Å²) >= 11 is 1.55. The van der Waals surface area contributed by atoms with Gasteiger partial charge in [0.05, 0.1) is 12.7 Å². The molecule has 0 saturated heterocycles. The normalized spacial score (nSPS) is 11.5.